The molecule has 0 radical (unpaired) electrons. The Balaban J connectivity index is 2.29. The lowest BCUT2D eigenvalue weighted by molar-refractivity contribution is 0.125. The average Bonchev–Trinajstić information content (AvgIpc) is 2.69. The summed E-state index contributed by atoms with van der Waals surface area (Å²) in [5, 5.41) is 11.7. The summed E-state index contributed by atoms with van der Waals surface area (Å²) in [6.07, 6.45) is 2.14. The van der Waals surface area contributed by atoms with Crippen molar-refractivity contribution in [3.63, 3.8) is 0 Å². The third kappa shape index (κ3) is 3.16. The number of hydrogen-bond donors (Lipinski definition) is 2. The zero-order chi connectivity index (χ0) is 10.4. The minimum Gasteiger partial charge on any atom is -0.394 e. The van der Waals surface area contributed by atoms with Crippen molar-refractivity contribution in [2.24, 2.45) is 0 Å². The fourth-order valence-corrected chi connectivity index (χ4v) is 1.53. The van der Waals surface area contributed by atoms with E-state index in [9.17, 15) is 4.79 Å². The summed E-state index contributed by atoms with van der Waals surface area (Å²) in [4.78, 5) is 13.3. The summed E-state index contributed by atoms with van der Waals surface area (Å²) in [6, 6.07) is -0.397. The van der Waals surface area contributed by atoms with Gasteiger partial charge in [0, 0.05) is 20.2 Å². The number of carbonyl (C=O) groups is 1. The first-order valence-electron chi connectivity index (χ1n) is 4.93. The van der Waals surface area contributed by atoms with E-state index in [0.29, 0.717) is 6.61 Å². The van der Waals surface area contributed by atoms with Gasteiger partial charge in [0.1, 0.15) is 0 Å². The van der Waals surface area contributed by atoms with E-state index in [-0.39, 0.29) is 18.7 Å². The number of nitrogens with zero attached hydrogens (tertiary/aromatic N) is 1. The number of likely N-dealkylation sites (tertiary alicyclic amines) is 1. The van der Waals surface area contributed by atoms with Crippen LogP contribution < -0.4 is 5.32 Å². The van der Waals surface area contributed by atoms with Gasteiger partial charge in [0.15, 0.2) is 0 Å². The minimum atomic E-state index is -0.298. The molecule has 1 aliphatic heterocycles. The summed E-state index contributed by atoms with van der Waals surface area (Å²) in [7, 11) is 1.55. The summed E-state index contributed by atoms with van der Waals surface area (Å²) in [5.41, 5.74) is 0. The van der Waals surface area contributed by atoms with Crippen molar-refractivity contribution in [3.05, 3.63) is 0 Å². The highest BCUT2D eigenvalue weighted by atomic mass is 16.5. The second-order valence-electron chi connectivity index (χ2n) is 3.48. The number of ether oxygens (including phenoxy) is 1. The molecule has 1 heterocycles. The Morgan fingerprint density at radius 3 is 2.71 bits per heavy atom. The predicted octanol–water partition coefficient (Wildman–Crippen LogP) is -0.201. The molecule has 1 aliphatic rings. The summed E-state index contributed by atoms with van der Waals surface area (Å²) in [5.74, 6) is 0. The average molecular weight is 202 g/mol. The molecule has 0 aromatic rings. The van der Waals surface area contributed by atoms with Gasteiger partial charge in [-0.05, 0) is 12.8 Å². The second kappa shape index (κ2) is 5.82. The number of nitrogens with one attached hydrogen (secondary N) is 1. The Bertz CT molecular complexity index is 181. The number of aliphatic hydroxyl groups is 1. The monoisotopic (exact) mass is 202 g/mol. The lowest BCUT2D eigenvalue weighted by atomic mass is 10.3. The summed E-state index contributed by atoms with van der Waals surface area (Å²) < 4.78 is 4.87. The number of urea groups is 1. The summed E-state index contributed by atoms with van der Waals surface area (Å²) >= 11 is 0. The van der Waals surface area contributed by atoms with E-state index >= 15 is 0 Å². The zero-order valence-electron chi connectivity index (χ0n) is 8.53. The highest BCUT2D eigenvalue weighted by molar-refractivity contribution is 5.74. The molecule has 1 fully saturated rings. The molecule has 0 saturated carbocycles. The Kier molecular flexibility index (Phi) is 4.69. The highest BCUT2D eigenvalue weighted by Crippen LogP contribution is 2.07. The first-order valence-corrected chi connectivity index (χ1v) is 4.93. The van der Waals surface area contributed by atoms with Gasteiger partial charge >= 0.3 is 6.03 Å². The van der Waals surface area contributed by atoms with Gasteiger partial charge < -0.3 is 20.1 Å². The Morgan fingerprint density at radius 1 is 1.57 bits per heavy atom. The molecule has 1 rings (SSSR count). The fourth-order valence-electron chi connectivity index (χ4n) is 1.53. The smallest absolute Gasteiger partial charge is 0.317 e. The molecule has 0 aromatic heterocycles. The molecule has 5 nitrogen and oxygen atoms in total. The normalized spacial score (nSPS) is 18.3. The highest BCUT2D eigenvalue weighted by Gasteiger charge is 2.20. The maximum absolute atomic E-state index is 11.5. The van der Waals surface area contributed by atoms with Crippen LogP contribution in [0.3, 0.4) is 0 Å². The van der Waals surface area contributed by atoms with E-state index in [0.717, 1.165) is 25.9 Å². The van der Waals surface area contributed by atoms with Gasteiger partial charge in [-0.1, -0.05) is 0 Å². The van der Waals surface area contributed by atoms with Crippen LogP contribution in [-0.2, 0) is 4.74 Å². The van der Waals surface area contributed by atoms with Gasteiger partial charge in [-0.25, -0.2) is 4.79 Å². The van der Waals surface area contributed by atoms with Crippen molar-refractivity contribution < 1.29 is 14.6 Å². The number of amides is 2. The van der Waals surface area contributed by atoms with Crippen molar-refractivity contribution in [2.75, 3.05) is 33.4 Å². The molecule has 0 bridgehead atoms. The molecular weight excluding hydrogens is 184 g/mol. The molecule has 82 valence electrons. The lowest BCUT2D eigenvalue weighted by Crippen LogP contribution is -2.47. The van der Waals surface area contributed by atoms with Crippen LogP contribution in [0.1, 0.15) is 12.8 Å². The van der Waals surface area contributed by atoms with E-state index in [4.69, 9.17) is 9.84 Å². The number of hydrogen-bond acceptors (Lipinski definition) is 3. The number of methoxy groups -OCH3 is 1. The molecule has 14 heavy (non-hydrogen) atoms. The van der Waals surface area contributed by atoms with Crippen molar-refractivity contribution in [1.82, 2.24) is 10.2 Å². The Labute approximate surface area is 84.0 Å². The topological polar surface area (TPSA) is 61.8 Å². The van der Waals surface area contributed by atoms with Gasteiger partial charge in [0.2, 0.25) is 0 Å². The molecule has 5 heteroatoms. The van der Waals surface area contributed by atoms with E-state index in [1.54, 1.807) is 12.0 Å². The molecule has 2 N–H and O–H groups in total. The SMILES string of the molecule is COCC(CO)NC(=O)N1CCCC1. The maximum Gasteiger partial charge on any atom is 0.317 e. The van der Waals surface area contributed by atoms with Gasteiger partial charge in [-0.2, -0.15) is 0 Å². The van der Waals surface area contributed by atoms with Crippen LogP contribution in [0.4, 0.5) is 4.79 Å². The van der Waals surface area contributed by atoms with Crippen LogP contribution in [-0.4, -0.2) is 55.5 Å². The predicted molar refractivity (Wildman–Crippen MR) is 52.1 cm³/mol. The third-order valence-corrected chi connectivity index (χ3v) is 2.31. The van der Waals surface area contributed by atoms with Crippen LogP contribution in [0.15, 0.2) is 0 Å². The number of carbonyl (C=O) groups excluding carboxylic acids is 1. The van der Waals surface area contributed by atoms with Crippen molar-refractivity contribution in [1.29, 1.82) is 0 Å². The molecule has 1 atom stereocenters. The molecule has 2 amide bonds. The molecule has 1 saturated heterocycles. The van der Waals surface area contributed by atoms with Gasteiger partial charge in [0.05, 0.1) is 19.3 Å². The first kappa shape index (κ1) is 11.3. The van der Waals surface area contributed by atoms with E-state index in [2.05, 4.69) is 5.32 Å². The van der Waals surface area contributed by atoms with Gasteiger partial charge in [-0.3, -0.25) is 0 Å². The molecule has 0 spiro atoms. The second-order valence-corrected chi connectivity index (χ2v) is 3.48. The quantitative estimate of drug-likeness (QED) is 0.663. The van der Waals surface area contributed by atoms with Crippen molar-refractivity contribution in [2.45, 2.75) is 18.9 Å². The lowest BCUT2D eigenvalue weighted by Gasteiger charge is -2.21. The van der Waals surface area contributed by atoms with Crippen LogP contribution in [0.5, 0.6) is 0 Å². The van der Waals surface area contributed by atoms with Crippen LogP contribution in [0, 0.1) is 0 Å². The third-order valence-electron chi connectivity index (χ3n) is 2.31. The zero-order valence-corrected chi connectivity index (χ0v) is 8.53. The molecule has 0 aliphatic carbocycles. The Hall–Kier alpha value is -0.810. The van der Waals surface area contributed by atoms with Crippen molar-refractivity contribution in [3.8, 4) is 0 Å². The van der Waals surface area contributed by atoms with E-state index in [1.807, 2.05) is 0 Å². The van der Waals surface area contributed by atoms with Gasteiger partial charge in [0.25, 0.3) is 0 Å². The van der Waals surface area contributed by atoms with Crippen LogP contribution in [0.2, 0.25) is 0 Å². The molecule has 0 aromatic carbocycles. The Morgan fingerprint density at radius 2 is 2.21 bits per heavy atom. The summed E-state index contributed by atoms with van der Waals surface area (Å²) in [6.45, 7) is 1.89. The standard InChI is InChI=1S/C9H18N2O3/c1-14-7-8(6-12)10-9(13)11-4-2-3-5-11/h8,12H,2-7H2,1H3,(H,10,13). The fraction of sp³-hybridized carbons (Fsp3) is 0.889. The molecular formula is C9H18N2O3. The minimum absolute atomic E-state index is 0.0899. The molecule has 1 unspecified atom stereocenters. The van der Waals surface area contributed by atoms with E-state index < -0.39 is 0 Å². The van der Waals surface area contributed by atoms with Crippen molar-refractivity contribution >= 4 is 6.03 Å². The largest absolute Gasteiger partial charge is 0.394 e. The number of rotatable bonds is 4. The number of aliphatic hydroxyl groups excluding tert-OH is 1. The first-order chi connectivity index (χ1) is 6.77. The van der Waals surface area contributed by atoms with Crippen LogP contribution >= 0.6 is 0 Å². The van der Waals surface area contributed by atoms with E-state index in [1.165, 1.54) is 0 Å². The van der Waals surface area contributed by atoms with Gasteiger partial charge in [-0.15, -0.1) is 0 Å². The maximum atomic E-state index is 11.5. The van der Waals surface area contributed by atoms with Crippen LogP contribution in [0.25, 0.3) is 0 Å².